The monoisotopic (exact) mass is 249 g/mol. The van der Waals surface area contributed by atoms with Gasteiger partial charge in [-0.05, 0) is 18.6 Å². The van der Waals surface area contributed by atoms with Crippen molar-refractivity contribution in [2.75, 3.05) is 19.0 Å². The number of nitrogens with one attached hydrogen (secondary N) is 1. The number of nitro groups is 1. The van der Waals surface area contributed by atoms with Crippen LogP contribution in [0.4, 0.5) is 11.4 Å². The Hall–Kier alpha value is -2.13. The molecule has 0 saturated heterocycles. The average Bonchev–Trinajstić information content (AvgIpc) is 2.37. The molecule has 0 aliphatic carbocycles. The van der Waals surface area contributed by atoms with E-state index in [1.807, 2.05) is 13.0 Å². The minimum Gasteiger partial charge on any atom is -0.383 e. The van der Waals surface area contributed by atoms with E-state index in [2.05, 4.69) is 5.32 Å². The van der Waals surface area contributed by atoms with Crippen LogP contribution < -0.4 is 5.32 Å². The molecule has 0 amide bonds. The third kappa shape index (κ3) is 3.43. The number of ether oxygens (including phenoxy) is 1. The third-order valence-corrected chi connectivity index (χ3v) is 2.55. The molecule has 18 heavy (non-hydrogen) atoms. The topological polar surface area (TPSA) is 88.2 Å². The van der Waals surface area contributed by atoms with Gasteiger partial charge in [-0.1, -0.05) is 6.92 Å². The summed E-state index contributed by atoms with van der Waals surface area (Å²) in [4.78, 5) is 10.1. The van der Waals surface area contributed by atoms with Crippen LogP contribution in [0.15, 0.2) is 18.2 Å². The van der Waals surface area contributed by atoms with Crippen molar-refractivity contribution in [3.8, 4) is 6.07 Å². The van der Waals surface area contributed by atoms with Crippen molar-refractivity contribution in [2.45, 2.75) is 19.4 Å². The quantitative estimate of drug-likeness (QED) is 0.617. The Morgan fingerprint density at radius 3 is 2.83 bits per heavy atom. The molecule has 0 radical (unpaired) electrons. The largest absolute Gasteiger partial charge is 0.383 e. The molecule has 1 rings (SSSR count). The van der Waals surface area contributed by atoms with E-state index in [-0.39, 0.29) is 17.3 Å². The van der Waals surface area contributed by atoms with Crippen molar-refractivity contribution in [2.24, 2.45) is 0 Å². The lowest BCUT2D eigenvalue weighted by molar-refractivity contribution is -0.385. The Morgan fingerprint density at radius 2 is 2.33 bits per heavy atom. The molecule has 1 N–H and O–H groups in total. The fourth-order valence-corrected chi connectivity index (χ4v) is 1.57. The molecule has 96 valence electrons. The van der Waals surface area contributed by atoms with Crippen LogP contribution in [0.5, 0.6) is 0 Å². The summed E-state index contributed by atoms with van der Waals surface area (Å²) in [5.41, 5.74) is 0.557. The van der Waals surface area contributed by atoms with Gasteiger partial charge in [0.25, 0.3) is 5.69 Å². The molecule has 0 fully saturated rings. The van der Waals surface area contributed by atoms with Crippen LogP contribution in [-0.4, -0.2) is 24.7 Å². The fraction of sp³-hybridized carbons (Fsp3) is 0.417. The zero-order valence-electron chi connectivity index (χ0n) is 10.3. The Bertz CT molecular complexity index is 468. The van der Waals surface area contributed by atoms with E-state index in [4.69, 9.17) is 10.00 Å². The van der Waals surface area contributed by atoms with Crippen molar-refractivity contribution in [3.63, 3.8) is 0 Å². The second-order valence-electron chi connectivity index (χ2n) is 3.81. The van der Waals surface area contributed by atoms with Crippen LogP contribution >= 0.6 is 0 Å². The smallest absolute Gasteiger partial charge is 0.287 e. The fourth-order valence-electron chi connectivity index (χ4n) is 1.57. The minimum absolute atomic E-state index is 0.0530. The highest BCUT2D eigenvalue weighted by molar-refractivity contribution is 5.58. The van der Waals surface area contributed by atoms with E-state index in [0.29, 0.717) is 12.3 Å². The molecule has 0 saturated carbocycles. The number of nitrogens with zero attached hydrogens (tertiary/aromatic N) is 2. The van der Waals surface area contributed by atoms with Gasteiger partial charge in [-0.25, -0.2) is 0 Å². The molecule has 6 nitrogen and oxygen atoms in total. The van der Waals surface area contributed by atoms with E-state index >= 15 is 0 Å². The summed E-state index contributed by atoms with van der Waals surface area (Å²) in [7, 11) is 1.61. The molecule has 0 aliphatic rings. The lowest BCUT2D eigenvalue weighted by Crippen LogP contribution is -2.23. The highest BCUT2D eigenvalue weighted by Gasteiger charge is 2.14. The summed E-state index contributed by atoms with van der Waals surface area (Å²) in [6.07, 6.45) is 0.854. The Balaban J connectivity index is 2.92. The lowest BCUT2D eigenvalue weighted by atomic mass is 10.1. The van der Waals surface area contributed by atoms with Gasteiger partial charge in [0.15, 0.2) is 0 Å². The highest BCUT2D eigenvalue weighted by atomic mass is 16.6. The van der Waals surface area contributed by atoms with Crippen LogP contribution in [0.2, 0.25) is 0 Å². The highest BCUT2D eigenvalue weighted by Crippen LogP contribution is 2.22. The standard InChI is InChI=1S/C12H15N3O3/c1-3-10(8-18-2)14-11-4-5-12(15(16)17)9(6-11)7-13/h4-6,10,14H,3,8H2,1-2H3. The molecule has 0 spiro atoms. The van der Waals surface area contributed by atoms with Crippen LogP contribution in [0.25, 0.3) is 0 Å². The first-order valence-electron chi connectivity index (χ1n) is 5.56. The predicted molar refractivity (Wildman–Crippen MR) is 67.4 cm³/mol. The maximum Gasteiger partial charge on any atom is 0.287 e. The van der Waals surface area contributed by atoms with E-state index in [1.54, 1.807) is 13.2 Å². The van der Waals surface area contributed by atoms with Crippen LogP contribution in [0.3, 0.4) is 0 Å². The van der Waals surface area contributed by atoms with Crippen molar-refractivity contribution < 1.29 is 9.66 Å². The SMILES string of the molecule is CCC(COC)Nc1ccc([N+](=O)[O-])c(C#N)c1. The number of nitriles is 1. The molecule has 1 aromatic rings. The Labute approximate surface area is 105 Å². The second-order valence-corrected chi connectivity index (χ2v) is 3.81. The van der Waals surface area contributed by atoms with E-state index in [0.717, 1.165) is 6.42 Å². The van der Waals surface area contributed by atoms with Crippen LogP contribution in [0.1, 0.15) is 18.9 Å². The first-order chi connectivity index (χ1) is 8.62. The number of anilines is 1. The van der Waals surface area contributed by atoms with E-state index < -0.39 is 4.92 Å². The summed E-state index contributed by atoms with van der Waals surface area (Å²) >= 11 is 0. The van der Waals surface area contributed by atoms with Crippen molar-refractivity contribution in [1.82, 2.24) is 0 Å². The van der Waals surface area contributed by atoms with Crippen molar-refractivity contribution in [1.29, 1.82) is 5.26 Å². The van der Waals surface area contributed by atoms with Crippen LogP contribution in [-0.2, 0) is 4.74 Å². The molecular weight excluding hydrogens is 234 g/mol. The summed E-state index contributed by atoms with van der Waals surface area (Å²) in [5, 5.41) is 22.7. The second kappa shape index (κ2) is 6.57. The van der Waals surface area contributed by atoms with Crippen molar-refractivity contribution >= 4 is 11.4 Å². The molecule has 1 aromatic carbocycles. The number of methoxy groups -OCH3 is 1. The summed E-state index contributed by atoms with van der Waals surface area (Å²) in [6.45, 7) is 2.54. The molecule has 0 heterocycles. The Kier molecular flexibility index (Phi) is 5.08. The number of hydrogen-bond donors (Lipinski definition) is 1. The Morgan fingerprint density at radius 1 is 1.61 bits per heavy atom. The van der Waals surface area contributed by atoms with Crippen molar-refractivity contribution in [3.05, 3.63) is 33.9 Å². The van der Waals surface area contributed by atoms with Gasteiger partial charge in [-0.2, -0.15) is 5.26 Å². The average molecular weight is 249 g/mol. The normalized spacial score (nSPS) is 11.6. The molecule has 0 aliphatic heterocycles. The van der Waals surface area contributed by atoms with Gasteiger partial charge >= 0.3 is 0 Å². The van der Waals surface area contributed by atoms with Gasteiger partial charge in [-0.3, -0.25) is 10.1 Å². The van der Waals surface area contributed by atoms with Gasteiger partial charge in [0.1, 0.15) is 11.6 Å². The van der Waals surface area contributed by atoms with Gasteiger partial charge in [-0.15, -0.1) is 0 Å². The first kappa shape index (κ1) is 13.9. The molecule has 0 aromatic heterocycles. The molecular formula is C12H15N3O3. The molecule has 1 atom stereocenters. The number of nitro benzene ring substituents is 1. The van der Waals surface area contributed by atoms with E-state index in [1.165, 1.54) is 12.1 Å². The predicted octanol–water partition coefficient (Wildman–Crippen LogP) is 2.30. The number of benzene rings is 1. The molecule has 0 bridgehead atoms. The van der Waals surface area contributed by atoms with Crippen LogP contribution in [0, 0.1) is 21.4 Å². The molecule has 6 heteroatoms. The van der Waals surface area contributed by atoms with Gasteiger partial charge in [0.2, 0.25) is 0 Å². The summed E-state index contributed by atoms with van der Waals surface area (Å²) in [5.74, 6) is 0. The minimum atomic E-state index is -0.561. The summed E-state index contributed by atoms with van der Waals surface area (Å²) in [6, 6.07) is 6.35. The zero-order valence-corrected chi connectivity index (χ0v) is 10.3. The van der Waals surface area contributed by atoms with E-state index in [9.17, 15) is 10.1 Å². The van der Waals surface area contributed by atoms with Gasteiger partial charge in [0, 0.05) is 24.9 Å². The third-order valence-electron chi connectivity index (χ3n) is 2.55. The lowest BCUT2D eigenvalue weighted by Gasteiger charge is -2.17. The van der Waals surface area contributed by atoms with Gasteiger partial charge in [0.05, 0.1) is 11.5 Å². The molecule has 1 unspecified atom stereocenters. The number of rotatable bonds is 6. The maximum atomic E-state index is 10.7. The summed E-state index contributed by atoms with van der Waals surface area (Å²) < 4.78 is 5.05. The maximum absolute atomic E-state index is 10.7. The number of hydrogen-bond acceptors (Lipinski definition) is 5. The van der Waals surface area contributed by atoms with Gasteiger partial charge < -0.3 is 10.1 Å². The first-order valence-corrected chi connectivity index (χ1v) is 5.56. The zero-order chi connectivity index (χ0) is 13.5.